The van der Waals surface area contributed by atoms with Gasteiger partial charge in [-0.1, -0.05) is 32.9 Å². The van der Waals surface area contributed by atoms with Crippen molar-refractivity contribution in [2.24, 2.45) is 0 Å². The van der Waals surface area contributed by atoms with E-state index in [1.165, 1.54) is 12.1 Å². The Morgan fingerprint density at radius 3 is 2.15 bits per heavy atom. The van der Waals surface area contributed by atoms with Gasteiger partial charge in [-0.25, -0.2) is 22.0 Å². The molecule has 0 N–H and O–H groups in total. The Morgan fingerprint density at radius 1 is 0.962 bits per heavy atom. The summed E-state index contributed by atoms with van der Waals surface area (Å²) >= 11 is 0. The van der Waals surface area contributed by atoms with E-state index in [2.05, 4.69) is 0 Å². The highest BCUT2D eigenvalue weighted by Crippen LogP contribution is 2.27. The van der Waals surface area contributed by atoms with Crippen molar-refractivity contribution >= 4 is 20.8 Å². The predicted molar refractivity (Wildman–Crippen MR) is 93.0 cm³/mol. The molecule has 0 atom stereocenters. The fraction of sp³-hybridized carbons (Fsp3) is 0.211. The second-order valence-electron chi connectivity index (χ2n) is 6.98. The molecule has 0 fully saturated rings. The maximum absolute atomic E-state index is 13.7. The molecule has 0 saturated carbocycles. The van der Waals surface area contributed by atoms with Gasteiger partial charge in [0.25, 0.3) is 0 Å². The molecule has 136 valence electrons. The van der Waals surface area contributed by atoms with Gasteiger partial charge in [-0.2, -0.15) is 0 Å². The summed E-state index contributed by atoms with van der Waals surface area (Å²) in [5.41, 5.74) is -0.938. The maximum Gasteiger partial charge on any atom is 0.355 e. The average Bonchev–Trinajstić information content (AvgIpc) is 2.54. The van der Waals surface area contributed by atoms with Crippen molar-refractivity contribution in [3.8, 4) is 0 Å². The molecule has 0 spiro atoms. The molecule has 1 aromatic heterocycles. The molecule has 0 aliphatic rings. The monoisotopic (exact) mass is 378 g/mol. The highest BCUT2D eigenvalue weighted by molar-refractivity contribution is 7.91. The van der Waals surface area contributed by atoms with Crippen molar-refractivity contribution in [2.75, 3.05) is 0 Å². The van der Waals surface area contributed by atoms with E-state index in [-0.39, 0.29) is 15.7 Å². The van der Waals surface area contributed by atoms with Crippen LogP contribution in [0.4, 0.5) is 8.78 Å². The number of sulfone groups is 1. The van der Waals surface area contributed by atoms with Crippen LogP contribution in [0.25, 0.3) is 11.0 Å². The van der Waals surface area contributed by atoms with E-state index in [0.29, 0.717) is 6.07 Å². The van der Waals surface area contributed by atoms with Crippen LogP contribution < -0.4 is 5.63 Å². The fourth-order valence-corrected chi connectivity index (χ4v) is 3.88. The van der Waals surface area contributed by atoms with Gasteiger partial charge in [-0.3, -0.25) is 0 Å². The summed E-state index contributed by atoms with van der Waals surface area (Å²) in [4.78, 5) is 11.3. The van der Waals surface area contributed by atoms with Crippen LogP contribution in [0.2, 0.25) is 0 Å². The predicted octanol–water partition coefficient (Wildman–Crippen LogP) is 4.20. The summed E-state index contributed by atoms with van der Waals surface area (Å²) in [5.74, 6) is -1.97. The first kappa shape index (κ1) is 18.3. The van der Waals surface area contributed by atoms with Crippen LogP contribution in [0.15, 0.2) is 61.5 Å². The maximum atomic E-state index is 13.7. The quantitative estimate of drug-likeness (QED) is 0.627. The first-order valence-corrected chi connectivity index (χ1v) is 9.27. The van der Waals surface area contributed by atoms with Crippen molar-refractivity contribution in [1.82, 2.24) is 0 Å². The topological polar surface area (TPSA) is 64.3 Å². The van der Waals surface area contributed by atoms with E-state index >= 15 is 0 Å². The minimum atomic E-state index is -4.20. The van der Waals surface area contributed by atoms with E-state index in [0.717, 1.165) is 17.7 Å². The number of hydrogen-bond acceptors (Lipinski definition) is 4. The second kappa shape index (κ2) is 6.02. The third-order valence-corrected chi connectivity index (χ3v) is 5.80. The Morgan fingerprint density at radius 2 is 1.58 bits per heavy atom. The molecule has 4 nitrogen and oxygen atoms in total. The van der Waals surface area contributed by atoms with Crippen LogP contribution in [0, 0.1) is 11.6 Å². The molecule has 0 aliphatic heterocycles. The normalized spacial score (nSPS) is 12.5. The summed E-state index contributed by atoms with van der Waals surface area (Å²) < 4.78 is 57.5. The number of hydrogen-bond donors (Lipinski definition) is 0. The van der Waals surface area contributed by atoms with Crippen LogP contribution in [-0.4, -0.2) is 8.42 Å². The van der Waals surface area contributed by atoms with Gasteiger partial charge in [-0.05, 0) is 35.2 Å². The lowest BCUT2D eigenvalue weighted by atomic mass is 9.87. The highest BCUT2D eigenvalue weighted by Gasteiger charge is 2.25. The van der Waals surface area contributed by atoms with E-state index < -0.39 is 37.6 Å². The van der Waals surface area contributed by atoms with Gasteiger partial charge in [0.2, 0.25) is 9.84 Å². The first-order valence-electron chi connectivity index (χ1n) is 7.79. The first-order chi connectivity index (χ1) is 12.0. The van der Waals surface area contributed by atoms with Crippen LogP contribution in [0.5, 0.6) is 0 Å². The number of fused-ring (bicyclic) bond motifs is 1. The van der Waals surface area contributed by atoms with Gasteiger partial charge in [-0.15, -0.1) is 0 Å². The van der Waals surface area contributed by atoms with Gasteiger partial charge < -0.3 is 4.42 Å². The smallest absolute Gasteiger partial charge is 0.355 e. The van der Waals surface area contributed by atoms with Crippen LogP contribution >= 0.6 is 0 Å². The second-order valence-corrected chi connectivity index (χ2v) is 8.90. The van der Waals surface area contributed by atoms with Gasteiger partial charge in [0.1, 0.15) is 5.82 Å². The Bertz CT molecular complexity index is 1160. The Balaban J connectivity index is 2.18. The van der Waals surface area contributed by atoms with Crippen molar-refractivity contribution in [1.29, 1.82) is 0 Å². The lowest BCUT2D eigenvalue weighted by Gasteiger charge is -2.19. The number of halogens is 2. The fourth-order valence-electron chi connectivity index (χ4n) is 2.59. The van der Waals surface area contributed by atoms with E-state index in [1.807, 2.05) is 20.8 Å². The molecule has 7 heteroatoms. The van der Waals surface area contributed by atoms with Crippen LogP contribution in [0.1, 0.15) is 26.3 Å². The van der Waals surface area contributed by atoms with Crippen molar-refractivity contribution in [3.05, 3.63) is 70.1 Å². The molecule has 0 aliphatic carbocycles. The van der Waals surface area contributed by atoms with E-state index in [1.54, 1.807) is 12.1 Å². The molecule has 2 aromatic carbocycles. The van der Waals surface area contributed by atoms with Crippen molar-refractivity contribution in [2.45, 2.75) is 36.0 Å². The van der Waals surface area contributed by atoms with Crippen molar-refractivity contribution < 1.29 is 21.6 Å². The third kappa shape index (κ3) is 3.14. The standard InChI is InChI=1S/C19H16F2O4S/c1-19(2,3)12-4-6-14(7-5-12)26(23,24)16-9-11-8-13(20)10-15(21)17(11)25-18(16)22/h4-10H,1-3H3. The summed E-state index contributed by atoms with van der Waals surface area (Å²) in [6.07, 6.45) is 0. The van der Waals surface area contributed by atoms with Gasteiger partial charge in [0, 0.05) is 11.5 Å². The molecule has 0 radical (unpaired) electrons. The Hall–Kier alpha value is -2.54. The molecule has 0 bridgehead atoms. The van der Waals surface area contributed by atoms with Gasteiger partial charge in [0.15, 0.2) is 16.3 Å². The SMILES string of the molecule is CC(C)(C)c1ccc(S(=O)(=O)c2cc3cc(F)cc(F)c3oc2=O)cc1. The zero-order valence-corrected chi connectivity index (χ0v) is 15.2. The number of benzene rings is 2. The molecule has 26 heavy (non-hydrogen) atoms. The average molecular weight is 378 g/mol. The zero-order valence-electron chi connectivity index (χ0n) is 14.3. The third-order valence-electron chi connectivity index (χ3n) is 4.04. The molecule has 1 heterocycles. The van der Waals surface area contributed by atoms with E-state index in [4.69, 9.17) is 4.42 Å². The van der Waals surface area contributed by atoms with Crippen LogP contribution in [0.3, 0.4) is 0 Å². The molecule has 3 aromatic rings. The molecular formula is C19H16F2O4S. The molecule has 0 saturated heterocycles. The van der Waals surface area contributed by atoms with Gasteiger partial charge >= 0.3 is 5.63 Å². The summed E-state index contributed by atoms with van der Waals surface area (Å²) in [6.45, 7) is 5.95. The molecule has 3 rings (SSSR count). The minimum Gasteiger partial charge on any atom is -0.419 e. The molecular weight excluding hydrogens is 362 g/mol. The summed E-state index contributed by atoms with van der Waals surface area (Å²) in [6, 6.07) is 8.51. The minimum absolute atomic E-state index is 0.103. The Kier molecular flexibility index (Phi) is 4.23. The Labute approximate surface area is 149 Å². The van der Waals surface area contributed by atoms with Crippen LogP contribution in [-0.2, 0) is 15.3 Å². The van der Waals surface area contributed by atoms with E-state index in [9.17, 15) is 22.0 Å². The highest BCUT2D eigenvalue weighted by atomic mass is 32.2. The lowest BCUT2D eigenvalue weighted by molar-refractivity contribution is 0.500. The molecule has 0 unspecified atom stereocenters. The largest absolute Gasteiger partial charge is 0.419 e. The lowest BCUT2D eigenvalue weighted by Crippen LogP contribution is -2.15. The summed E-state index contributed by atoms with van der Waals surface area (Å²) in [7, 11) is -4.20. The molecule has 0 amide bonds. The summed E-state index contributed by atoms with van der Waals surface area (Å²) in [5, 5.41) is -0.146. The van der Waals surface area contributed by atoms with Crippen molar-refractivity contribution in [3.63, 3.8) is 0 Å². The van der Waals surface area contributed by atoms with Gasteiger partial charge in [0.05, 0.1) is 4.90 Å². The number of rotatable bonds is 2. The zero-order chi connectivity index (χ0) is 19.3.